The predicted octanol–water partition coefficient (Wildman–Crippen LogP) is 2.79. The quantitative estimate of drug-likeness (QED) is 0.939. The van der Waals surface area contributed by atoms with Gasteiger partial charge >= 0.3 is 0 Å². The largest absolute Gasteiger partial charge is 0.330 e. The second-order valence-electron chi connectivity index (χ2n) is 5.92. The van der Waals surface area contributed by atoms with Gasteiger partial charge < -0.3 is 5.73 Å². The molecule has 2 aromatic rings. The molecule has 1 saturated carbocycles. The fraction of sp³-hybridized carbons (Fsp3) is 0.529. The lowest BCUT2D eigenvalue weighted by Crippen LogP contribution is -2.28. The first-order chi connectivity index (χ1) is 10.3. The van der Waals surface area contributed by atoms with Gasteiger partial charge in [-0.3, -0.25) is 9.36 Å². The van der Waals surface area contributed by atoms with Gasteiger partial charge in [-0.05, 0) is 37.9 Å². The molecule has 4 heteroatoms. The summed E-state index contributed by atoms with van der Waals surface area (Å²) >= 11 is 0. The molecule has 1 fully saturated rings. The highest BCUT2D eigenvalue weighted by molar-refractivity contribution is 5.77. The molecule has 2 N–H and O–H groups in total. The molecule has 0 unspecified atom stereocenters. The van der Waals surface area contributed by atoms with Crippen molar-refractivity contribution in [3.8, 4) is 0 Å². The number of benzene rings is 1. The van der Waals surface area contributed by atoms with E-state index in [1.807, 2.05) is 28.8 Å². The molecule has 1 aliphatic carbocycles. The summed E-state index contributed by atoms with van der Waals surface area (Å²) in [6, 6.07) is 7.66. The molecule has 0 saturated heterocycles. The molecule has 112 valence electrons. The van der Waals surface area contributed by atoms with Crippen LogP contribution < -0.4 is 11.3 Å². The minimum Gasteiger partial charge on any atom is -0.330 e. The Balaban J connectivity index is 2.12. The summed E-state index contributed by atoms with van der Waals surface area (Å²) in [4.78, 5) is 17.6. The highest BCUT2D eigenvalue weighted by atomic mass is 16.1. The number of fused-ring (bicyclic) bond motifs is 1. The summed E-state index contributed by atoms with van der Waals surface area (Å²) < 4.78 is 1.88. The van der Waals surface area contributed by atoms with Crippen LogP contribution in [0.25, 0.3) is 10.9 Å². The standard InChI is InChI=1S/C17H23N3O/c18-11-6-12-20-16(13-7-2-1-3-8-13)19-15-10-5-4-9-14(15)17(20)21/h4-5,9-10,13H,1-3,6-8,11-12,18H2. The first-order valence-corrected chi connectivity index (χ1v) is 8.01. The van der Waals surface area contributed by atoms with Gasteiger partial charge in [0, 0.05) is 12.5 Å². The van der Waals surface area contributed by atoms with Crippen LogP contribution in [0.1, 0.15) is 50.3 Å². The summed E-state index contributed by atoms with van der Waals surface area (Å²) in [7, 11) is 0. The number of nitrogens with zero attached hydrogens (tertiary/aromatic N) is 2. The third-order valence-corrected chi connectivity index (χ3v) is 4.45. The molecule has 0 spiro atoms. The zero-order chi connectivity index (χ0) is 14.7. The molecule has 0 atom stereocenters. The highest BCUT2D eigenvalue weighted by Crippen LogP contribution is 2.31. The van der Waals surface area contributed by atoms with E-state index in [4.69, 9.17) is 10.7 Å². The maximum atomic E-state index is 12.8. The zero-order valence-corrected chi connectivity index (χ0v) is 12.4. The van der Waals surface area contributed by atoms with Crippen molar-refractivity contribution in [2.75, 3.05) is 6.54 Å². The fourth-order valence-electron chi connectivity index (χ4n) is 3.32. The predicted molar refractivity (Wildman–Crippen MR) is 85.5 cm³/mol. The van der Waals surface area contributed by atoms with Crippen molar-refractivity contribution in [1.82, 2.24) is 9.55 Å². The van der Waals surface area contributed by atoms with Crippen LogP contribution >= 0.6 is 0 Å². The molecular weight excluding hydrogens is 262 g/mol. The zero-order valence-electron chi connectivity index (χ0n) is 12.4. The normalized spacial score (nSPS) is 16.4. The number of aromatic nitrogens is 2. The molecular formula is C17H23N3O. The maximum absolute atomic E-state index is 12.8. The van der Waals surface area contributed by atoms with E-state index in [1.165, 1.54) is 19.3 Å². The molecule has 0 bridgehead atoms. The Morgan fingerprint density at radius 1 is 1.19 bits per heavy atom. The van der Waals surface area contributed by atoms with Crippen molar-refractivity contribution < 1.29 is 0 Å². The van der Waals surface area contributed by atoms with Gasteiger partial charge in [0.15, 0.2) is 0 Å². The lowest BCUT2D eigenvalue weighted by Gasteiger charge is -2.24. The van der Waals surface area contributed by atoms with Gasteiger partial charge in [0.2, 0.25) is 0 Å². The van der Waals surface area contributed by atoms with Gasteiger partial charge in [0.25, 0.3) is 5.56 Å². The van der Waals surface area contributed by atoms with Gasteiger partial charge in [0.1, 0.15) is 5.82 Å². The van der Waals surface area contributed by atoms with Crippen molar-refractivity contribution in [3.63, 3.8) is 0 Å². The van der Waals surface area contributed by atoms with E-state index in [9.17, 15) is 4.79 Å². The number of hydrogen-bond donors (Lipinski definition) is 1. The van der Waals surface area contributed by atoms with Crippen molar-refractivity contribution in [3.05, 3.63) is 40.4 Å². The maximum Gasteiger partial charge on any atom is 0.261 e. The Hall–Kier alpha value is -1.68. The first kappa shape index (κ1) is 14.3. The van der Waals surface area contributed by atoms with Crippen molar-refractivity contribution >= 4 is 10.9 Å². The van der Waals surface area contributed by atoms with Crippen molar-refractivity contribution in [1.29, 1.82) is 0 Å². The minimum atomic E-state index is 0.0922. The molecule has 3 rings (SSSR count). The van der Waals surface area contributed by atoms with Crippen LogP contribution in [-0.2, 0) is 6.54 Å². The van der Waals surface area contributed by atoms with E-state index in [0.717, 1.165) is 30.6 Å². The van der Waals surface area contributed by atoms with E-state index in [2.05, 4.69) is 0 Å². The van der Waals surface area contributed by atoms with Crippen LogP contribution in [0.4, 0.5) is 0 Å². The molecule has 21 heavy (non-hydrogen) atoms. The fourth-order valence-corrected chi connectivity index (χ4v) is 3.32. The van der Waals surface area contributed by atoms with Crippen molar-refractivity contribution in [2.24, 2.45) is 5.73 Å². The Morgan fingerprint density at radius 3 is 2.71 bits per heavy atom. The summed E-state index contributed by atoms with van der Waals surface area (Å²) in [6.07, 6.45) is 6.89. The highest BCUT2D eigenvalue weighted by Gasteiger charge is 2.21. The lowest BCUT2D eigenvalue weighted by molar-refractivity contribution is 0.407. The Morgan fingerprint density at radius 2 is 1.95 bits per heavy atom. The van der Waals surface area contributed by atoms with Gasteiger partial charge in [0.05, 0.1) is 10.9 Å². The number of para-hydroxylation sites is 1. The van der Waals surface area contributed by atoms with Crippen LogP contribution in [0.2, 0.25) is 0 Å². The van der Waals surface area contributed by atoms with Crippen LogP contribution in [0.3, 0.4) is 0 Å². The third kappa shape index (κ3) is 2.86. The topological polar surface area (TPSA) is 60.9 Å². The second-order valence-corrected chi connectivity index (χ2v) is 5.92. The molecule has 0 aliphatic heterocycles. The first-order valence-electron chi connectivity index (χ1n) is 8.01. The van der Waals surface area contributed by atoms with E-state index < -0.39 is 0 Å². The SMILES string of the molecule is NCCCn1c(C2CCCCC2)nc2ccccc2c1=O. The lowest BCUT2D eigenvalue weighted by atomic mass is 9.88. The van der Waals surface area contributed by atoms with Gasteiger partial charge in [-0.1, -0.05) is 31.4 Å². The molecule has 1 aromatic carbocycles. The minimum absolute atomic E-state index is 0.0922. The van der Waals surface area contributed by atoms with Gasteiger partial charge in [-0.2, -0.15) is 0 Å². The Labute approximate surface area is 125 Å². The van der Waals surface area contributed by atoms with Gasteiger partial charge in [-0.25, -0.2) is 4.98 Å². The third-order valence-electron chi connectivity index (χ3n) is 4.45. The smallest absolute Gasteiger partial charge is 0.261 e. The average molecular weight is 285 g/mol. The summed E-state index contributed by atoms with van der Waals surface area (Å²) in [5.74, 6) is 1.40. The van der Waals surface area contributed by atoms with E-state index >= 15 is 0 Å². The van der Waals surface area contributed by atoms with E-state index in [1.54, 1.807) is 0 Å². The van der Waals surface area contributed by atoms with Crippen LogP contribution in [0, 0.1) is 0 Å². The molecule has 1 aliphatic rings. The van der Waals surface area contributed by atoms with E-state index in [-0.39, 0.29) is 5.56 Å². The summed E-state index contributed by atoms with van der Waals surface area (Å²) in [5.41, 5.74) is 6.55. The Bertz CT molecular complexity index is 671. The van der Waals surface area contributed by atoms with Crippen LogP contribution in [0.5, 0.6) is 0 Å². The molecule has 0 amide bonds. The summed E-state index contributed by atoms with van der Waals surface area (Å²) in [6.45, 7) is 1.28. The molecule has 4 nitrogen and oxygen atoms in total. The van der Waals surface area contributed by atoms with Crippen LogP contribution in [-0.4, -0.2) is 16.1 Å². The molecule has 0 radical (unpaired) electrons. The number of nitrogens with two attached hydrogens (primary N) is 1. The monoisotopic (exact) mass is 285 g/mol. The molecule has 1 aromatic heterocycles. The van der Waals surface area contributed by atoms with Gasteiger partial charge in [-0.15, -0.1) is 0 Å². The summed E-state index contributed by atoms with van der Waals surface area (Å²) in [5, 5.41) is 0.717. The Kier molecular flexibility index (Phi) is 4.34. The number of rotatable bonds is 4. The molecule has 1 heterocycles. The van der Waals surface area contributed by atoms with Crippen LogP contribution in [0.15, 0.2) is 29.1 Å². The van der Waals surface area contributed by atoms with Crippen molar-refractivity contribution in [2.45, 2.75) is 51.0 Å². The van der Waals surface area contributed by atoms with E-state index in [0.29, 0.717) is 24.4 Å². The number of hydrogen-bond acceptors (Lipinski definition) is 3. The average Bonchev–Trinajstić information content (AvgIpc) is 2.55. The second kappa shape index (κ2) is 6.39.